The van der Waals surface area contributed by atoms with Gasteiger partial charge in [-0.2, -0.15) is 4.31 Å². The van der Waals surface area contributed by atoms with Crippen LogP contribution in [-0.2, 0) is 29.4 Å². The highest BCUT2D eigenvalue weighted by Gasteiger charge is 2.28. The minimum Gasteiger partial charge on any atom is -0.365 e. The van der Waals surface area contributed by atoms with Gasteiger partial charge >= 0.3 is 0 Å². The molecule has 35 heavy (non-hydrogen) atoms. The predicted molar refractivity (Wildman–Crippen MR) is 138 cm³/mol. The second-order valence-electron chi connectivity index (χ2n) is 8.89. The molecule has 1 heterocycles. The average molecular weight is 512 g/mol. The van der Waals surface area contributed by atoms with Crippen molar-refractivity contribution in [1.29, 1.82) is 0 Å². The first-order valence-corrected chi connectivity index (χ1v) is 13.9. The van der Waals surface area contributed by atoms with Crippen molar-refractivity contribution in [3.8, 4) is 0 Å². The molecule has 0 atom stereocenters. The number of fused-ring (bicyclic) bond motifs is 1. The number of aryl methyl sites for hydroxylation is 1. The molecule has 0 radical (unpaired) electrons. The van der Waals surface area contributed by atoms with Gasteiger partial charge in [-0.1, -0.05) is 30.3 Å². The van der Waals surface area contributed by atoms with E-state index in [2.05, 4.69) is 5.32 Å². The van der Waals surface area contributed by atoms with Gasteiger partial charge in [-0.25, -0.2) is 8.42 Å². The van der Waals surface area contributed by atoms with Crippen LogP contribution >= 0.6 is 11.3 Å². The van der Waals surface area contributed by atoms with Crippen molar-refractivity contribution in [2.45, 2.75) is 57.0 Å². The predicted octanol–water partition coefficient (Wildman–Crippen LogP) is 4.58. The highest BCUT2D eigenvalue weighted by Crippen LogP contribution is 2.38. The van der Waals surface area contributed by atoms with Gasteiger partial charge in [0.2, 0.25) is 10.0 Å². The van der Waals surface area contributed by atoms with Crippen LogP contribution in [0, 0.1) is 0 Å². The molecule has 0 aliphatic heterocycles. The maximum Gasteiger partial charge on any atom is 0.256 e. The first-order valence-electron chi connectivity index (χ1n) is 11.6. The lowest BCUT2D eigenvalue weighted by molar-refractivity contribution is 0.100. The zero-order valence-electron chi connectivity index (χ0n) is 19.8. The van der Waals surface area contributed by atoms with Gasteiger partial charge in [0, 0.05) is 23.0 Å². The molecule has 7 nitrogen and oxygen atoms in total. The van der Waals surface area contributed by atoms with E-state index in [1.165, 1.54) is 39.9 Å². The highest BCUT2D eigenvalue weighted by atomic mass is 32.2. The summed E-state index contributed by atoms with van der Waals surface area (Å²) >= 11 is 1.39. The van der Waals surface area contributed by atoms with Crippen LogP contribution in [0.3, 0.4) is 0 Å². The third-order valence-corrected chi connectivity index (χ3v) is 9.37. The Balaban J connectivity index is 1.55. The van der Waals surface area contributed by atoms with Crippen LogP contribution in [0.25, 0.3) is 0 Å². The second-order valence-corrected chi connectivity index (χ2v) is 11.9. The van der Waals surface area contributed by atoms with Crippen LogP contribution in [-0.4, -0.2) is 30.6 Å². The van der Waals surface area contributed by atoms with Crippen molar-refractivity contribution >= 4 is 38.2 Å². The van der Waals surface area contributed by atoms with Crippen LogP contribution in [0.15, 0.2) is 59.5 Å². The summed E-state index contributed by atoms with van der Waals surface area (Å²) in [6.07, 6.45) is 3.69. The molecule has 0 fully saturated rings. The van der Waals surface area contributed by atoms with Crippen LogP contribution < -0.4 is 11.1 Å². The van der Waals surface area contributed by atoms with Crippen LogP contribution in [0.2, 0.25) is 0 Å². The quantitative estimate of drug-likeness (QED) is 0.461. The summed E-state index contributed by atoms with van der Waals surface area (Å²) in [6, 6.07) is 15.0. The summed E-state index contributed by atoms with van der Waals surface area (Å²) in [5, 5.41) is 3.27. The molecule has 1 aromatic heterocycles. The van der Waals surface area contributed by atoms with E-state index in [9.17, 15) is 18.0 Å². The molecule has 184 valence electrons. The van der Waals surface area contributed by atoms with Gasteiger partial charge in [0.25, 0.3) is 11.8 Å². The minimum atomic E-state index is -3.78. The molecule has 2 amide bonds. The number of primary amides is 1. The van der Waals surface area contributed by atoms with Crippen molar-refractivity contribution in [2.24, 2.45) is 5.73 Å². The third-order valence-electron chi connectivity index (χ3n) is 6.13. The van der Waals surface area contributed by atoms with Crippen molar-refractivity contribution in [2.75, 3.05) is 5.32 Å². The highest BCUT2D eigenvalue weighted by molar-refractivity contribution is 7.89. The van der Waals surface area contributed by atoms with Gasteiger partial charge < -0.3 is 11.1 Å². The number of anilines is 1. The van der Waals surface area contributed by atoms with Gasteiger partial charge in [0.15, 0.2) is 0 Å². The molecular weight excluding hydrogens is 482 g/mol. The molecule has 3 aromatic rings. The smallest absolute Gasteiger partial charge is 0.256 e. The molecule has 0 saturated heterocycles. The zero-order chi connectivity index (χ0) is 25.2. The van der Waals surface area contributed by atoms with E-state index in [4.69, 9.17) is 5.73 Å². The summed E-state index contributed by atoms with van der Waals surface area (Å²) < 4.78 is 28.2. The van der Waals surface area contributed by atoms with E-state index in [1.807, 2.05) is 44.2 Å². The van der Waals surface area contributed by atoms with Gasteiger partial charge in [-0.15, -0.1) is 11.3 Å². The Labute approximate surface area is 210 Å². The number of benzene rings is 2. The number of hydrogen-bond acceptors (Lipinski definition) is 5. The van der Waals surface area contributed by atoms with E-state index >= 15 is 0 Å². The number of carbonyl (C=O) groups is 2. The average Bonchev–Trinajstić information content (AvgIpc) is 3.21. The van der Waals surface area contributed by atoms with Crippen LogP contribution in [0.4, 0.5) is 5.00 Å². The van der Waals surface area contributed by atoms with Crippen molar-refractivity contribution in [3.05, 3.63) is 81.7 Å². The lowest BCUT2D eigenvalue weighted by Gasteiger charge is -2.26. The fraction of sp³-hybridized carbons (Fsp3) is 0.308. The Morgan fingerprint density at radius 2 is 1.69 bits per heavy atom. The molecule has 3 N–H and O–H groups in total. The lowest BCUT2D eigenvalue weighted by atomic mass is 9.95. The summed E-state index contributed by atoms with van der Waals surface area (Å²) in [5.41, 5.74) is 8.14. The van der Waals surface area contributed by atoms with E-state index in [0.717, 1.165) is 41.7 Å². The number of thiophene rings is 1. The molecule has 1 aliphatic rings. The largest absolute Gasteiger partial charge is 0.365 e. The first kappa shape index (κ1) is 25.1. The number of hydrogen-bond donors (Lipinski definition) is 2. The molecule has 0 bridgehead atoms. The Kier molecular flexibility index (Phi) is 7.39. The van der Waals surface area contributed by atoms with Crippen molar-refractivity contribution in [1.82, 2.24) is 4.31 Å². The fourth-order valence-corrected chi connectivity index (χ4v) is 7.23. The van der Waals surface area contributed by atoms with Gasteiger partial charge in [0.1, 0.15) is 5.00 Å². The van der Waals surface area contributed by atoms with Gasteiger partial charge in [-0.05, 0) is 74.9 Å². The SMILES string of the molecule is CC(C)N(Cc1ccccc1)S(=O)(=O)c1ccc(C(=O)Nc2sc3c(c2C(N)=O)CCCC3)cc1. The van der Waals surface area contributed by atoms with Gasteiger partial charge in [-0.3, -0.25) is 9.59 Å². The summed E-state index contributed by atoms with van der Waals surface area (Å²) in [6.45, 7) is 3.92. The maximum atomic E-state index is 13.4. The number of nitrogens with zero attached hydrogens (tertiary/aromatic N) is 1. The van der Waals surface area contributed by atoms with Gasteiger partial charge in [0.05, 0.1) is 10.5 Å². The molecular formula is C26H29N3O4S2. The minimum absolute atomic E-state index is 0.114. The number of rotatable bonds is 8. The lowest BCUT2D eigenvalue weighted by Crippen LogP contribution is -2.36. The summed E-state index contributed by atoms with van der Waals surface area (Å²) in [5.74, 6) is -0.964. The molecule has 0 spiro atoms. The second kappa shape index (κ2) is 10.3. The summed E-state index contributed by atoms with van der Waals surface area (Å²) in [7, 11) is -3.78. The van der Waals surface area contributed by atoms with E-state index in [-0.39, 0.29) is 17.5 Å². The number of amides is 2. The fourth-order valence-electron chi connectivity index (χ4n) is 4.31. The monoisotopic (exact) mass is 511 g/mol. The van der Waals surface area contributed by atoms with E-state index in [1.54, 1.807) is 0 Å². The Morgan fingerprint density at radius 1 is 1.03 bits per heavy atom. The van der Waals surface area contributed by atoms with Crippen LogP contribution in [0.5, 0.6) is 0 Å². The normalized spacial score (nSPS) is 13.6. The number of nitrogens with two attached hydrogens (primary N) is 1. The van der Waals surface area contributed by atoms with Crippen molar-refractivity contribution < 1.29 is 18.0 Å². The third kappa shape index (κ3) is 5.32. The Hall–Kier alpha value is -3.01. The number of sulfonamides is 1. The zero-order valence-corrected chi connectivity index (χ0v) is 21.4. The Bertz CT molecular complexity index is 1330. The standard InChI is InChI=1S/C26H29N3O4S2/c1-17(2)29(16-18-8-4-3-5-9-18)35(32,33)20-14-12-19(13-15-20)25(31)28-26-23(24(27)30)21-10-6-7-11-22(21)34-26/h3-5,8-9,12-15,17H,6-7,10-11,16H2,1-2H3,(H2,27,30)(H,28,31). The molecule has 0 unspecified atom stereocenters. The summed E-state index contributed by atoms with van der Waals surface area (Å²) in [4.78, 5) is 26.2. The molecule has 2 aromatic carbocycles. The Morgan fingerprint density at radius 3 is 2.31 bits per heavy atom. The maximum absolute atomic E-state index is 13.4. The number of nitrogens with one attached hydrogen (secondary N) is 1. The molecule has 4 rings (SSSR count). The van der Waals surface area contributed by atoms with E-state index < -0.39 is 21.8 Å². The van der Waals surface area contributed by atoms with E-state index in [0.29, 0.717) is 16.1 Å². The first-order chi connectivity index (χ1) is 16.7. The molecule has 0 saturated carbocycles. The molecule has 9 heteroatoms. The number of carbonyl (C=O) groups excluding carboxylic acids is 2. The topological polar surface area (TPSA) is 110 Å². The van der Waals surface area contributed by atoms with Crippen molar-refractivity contribution in [3.63, 3.8) is 0 Å². The van der Waals surface area contributed by atoms with Crippen LogP contribution in [0.1, 0.15) is 63.4 Å². The molecule has 1 aliphatic carbocycles.